The molecule has 0 aromatic heterocycles. The zero-order valence-corrected chi connectivity index (χ0v) is 15.8. The summed E-state index contributed by atoms with van der Waals surface area (Å²) in [7, 11) is 5.83. The van der Waals surface area contributed by atoms with Crippen LogP contribution in [0.5, 0.6) is 0 Å². The Morgan fingerprint density at radius 3 is 2.00 bits per heavy atom. The maximum Gasteiger partial charge on any atom is 0.176 e. The predicted octanol–water partition coefficient (Wildman–Crippen LogP) is 4.93. The van der Waals surface area contributed by atoms with Gasteiger partial charge in [0.2, 0.25) is 0 Å². The molecule has 0 saturated heterocycles. The monoisotopic (exact) mass is 308 g/mol. The third-order valence-corrected chi connectivity index (χ3v) is 3.28. The largest absolute Gasteiger partial charge is 0.349 e. The molecule has 0 radical (unpaired) electrons. The molecule has 3 heteroatoms. The molecule has 0 aromatic carbocycles. The fraction of sp³-hybridized carbons (Fsp3) is 0.579. The number of hydrogen-bond donors (Lipinski definition) is 0. The maximum absolute atomic E-state index is 14.2. The summed E-state index contributed by atoms with van der Waals surface area (Å²) < 4.78 is 14.2. The molecule has 0 rings (SSSR count). The van der Waals surface area contributed by atoms with Gasteiger partial charge in [-0.05, 0) is 72.4 Å². The highest BCUT2D eigenvalue weighted by Gasteiger charge is 2.20. The van der Waals surface area contributed by atoms with E-state index in [0.717, 1.165) is 17.7 Å². The van der Waals surface area contributed by atoms with Crippen LogP contribution in [0.2, 0.25) is 0 Å². The summed E-state index contributed by atoms with van der Waals surface area (Å²) in [6.45, 7) is 12.2. The second-order valence-corrected chi connectivity index (χ2v) is 6.73. The van der Waals surface area contributed by atoms with Crippen molar-refractivity contribution in [2.75, 3.05) is 27.7 Å². The molecule has 0 amide bonds. The third-order valence-electron chi connectivity index (χ3n) is 3.28. The smallest absolute Gasteiger partial charge is 0.176 e. The van der Waals surface area contributed by atoms with Gasteiger partial charge in [0.15, 0.2) is 5.79 Å². The van der Waals surface area contributed by atoms with Crippen molar-refractivity contribution >= 4 is 0 Å². The van der Waals surface area contributed by atoms with E-state index >= 15 is 0 Å². The Labute approximate surface area is 136 Å². The Hall–Kier alpha value is -1.35. The lowest BCUT2D eigenvalue weighted by Crippen LogP contribution is -2.33. The summed E-state index contributed by atoms with van der Waals surface area (Å²) in [5, 5.41) is 0. The molecule has 0 N–H and O–H groups in total. The number of likely N-dealkylation sites (N-methyl/N-ethyl adjacent to an activating group) is 1. The SMILES string of the molecule is C\C=C/C(C(=C/N(C)C(C)(C)F)/CN(C)C)=C(/C)C=C(C)C. The lowest BCUT2D eigenvalue weighted by Gasteiger charge is -2.29. The van der Waals surface area contributed by atoms with Crippen LogP contribution in [0.25, 0.3) is 0 Å². The van der Waals surface area contributed by atoms with Crippen LogP contribution in [0.1, 0.15) is 41.5 Å². The van der Waals surface area contributed by atoms with E-state index in [2.05, 4.69) is 37.8 Å². The number of rotatable bonds is 7. The number of nitrogens with zero attached hydrogens (tertiary/aromatic N) is 2. The van der Waals surface area contributed by atoms with Crippen LogP contribution in [0, 0.1) is 0 Å². The summed E-state index contributed by atoms with van der Waals surface area (Å²) in [6, 6.07) is 0. The minimum Gasteiger partial charge on any atom is -0.349 e. The van der Waals surface area contributed by atoms with E-state index in [-0.39, 0.29) is 0 Å². The Kier molecular flexibility index (Phi) is 8.39. The topological polar surface area (TPSA) is 6.48 Å². The highest BCUT2D eigenvalue weighted by Crippen LogP contribution is 2.23. The van der Waals surface area contributed by atoms with Crippen molar-refractivity contribution in [1.82, 2.24) is 9.80 Å². The number of alkyl halides is 1. The van der Waals surface area contributed by atoms with E-state index in [4.69, 9.17) is 0 Å². The summed E-state index contributed by atoms with van der Waals surface area (Å²) in [5.74, 6) is -1.39. The number of hydrogen-bond acceptors (Lipinski definition) is 2. The quantitative estimate of drug-likeness (QED) is 0.486. The number of allylic oxidation sites excluding steroid dienone is 5. The first-order valence-corrected chi connectivity index (χ1v) is 7.75. The van der Waals surface area contributed by atoms with Crippen molar-refractivity contribution in [3.8, 4) is 0 Å². The van der Waals surface area contributed by atoms with Crippen molar-refractivity contribution < 1.29 is 4.39 Å². The first kappa shape index (κ1) is 20.6. The van der Waals surface area contributed by atoms with Gasteiger partial charge in [-0.15, -0.1) is 0 Å². The van der Waals surface area contributed by atoms with Crippen LogP contribution in [0.3, 0.4) is 0 Å². The molecule has 0 fully saturated rings. The molecule has 126 valence electrons. The second-order valence-electron chi connectivity index (χ2n) is 6.73. The van der Waals surface area contributed by atoms with Crippen LogP contribution >= 0.6 is 0 Å². The lowest BCUT2D eigenvalue weighted by molar-refractivity contribution is 0.0581. The lowest BCUT2D eigenvalue weighted by atomic mass is 9.98. The van der Waals surface area contributed by atoms with E-state index < -0.39 is 5.79 Å². The Morgan fingerprint density at radius 2 is 1.64 bits per heavy atom. The second kappa shape index (κ2) is 8.94. The third kappa shape index (κ3) is 7.60. The van der Waals surface area contributed by atoms with Gasteiger partial charge in [0.25, 0.3) is 0 Å². The van der Waals surface area contributed by atoms with Crippen molar-refractivity contribution in [2.45, 2.75) is 47.3 Å². The van der Waals surface area contributed by atoms with Gasteiger partial charge in [0.05, 0.1) is 0 Å². The summed E-state index contributed by atoms with van der Waals surface area (Å²) >= 11 is 0. The molecule has 0 saturated carbocycles. The normalized spacial score (nSPS) is 14.4. The molecule has 0 atom stereocenters. The van der Waals surface area contributed by atoms with Crippen LogP contribution in [0.4, 0.5) is 4.39 Å². The van der Waals surface area contributed by atoms with Crippen LogP contribution in [0.15, 0.2) is 46.7 Å². The minimum atomic E-state index is -1.39. The molecule has 0 aliphatic carbocycles. The molecular weight excluding hydrogens is 275 g/mol. The van der Waals surface area contributed by atoms with Gasteiger partial charge in [-0.3, -0.25) is 0 Å². The highest BCUT2D eigenvalue weighted by atomic mass is 19.1. The Morgan fingerprint density at radius 1 is 1.09 bits per heavy atom. The van der Waals surface area contributed by atoms with Gasteiger partial charge >= 0.3 is 0 Å². The van der Waals surface area contributed by atoms with Crippen molar-refractivity contribution in [3.63, 3.8) is 0 Å². The van der Waals surface area contributed by atoms with Crippen molar-refractivity contribution in [3.05, 3.63) is 46.7 Å². The van der Waals surface area contributed by atoms with E-state index in [0.29, 0.717) is 0 Å². The predicted molar refractivity (Wildman–Crippen MR) is 96.5 cm³/mol. The van der Waals surface area contributed by atoms with Crippen LogP contribution in [-0.2, 0) is 0 Å². The molecular formula is C19H33FN2. The first-order chi connectivity index (χ1) is 9.98. The van der Waals surface area contributed by atoms with Gasteiger partial charge < -0.3 is 9.80 Å². The van der Waals surface area contributed by atoms with Crippen molar-refractivity contribution in [2.24, 2.45) is 0 Å². The first-order valence-electron chi connectivity index (χ1n) is 7.75. The Balaban J connectivity index is 6.02. The van der Waals surface area contributed by atoms with Gasteiger partial charge in [0, 0.05) is 19.8 Å². The van der Waals surface area contributed by atoms with Gasteiger partial charge in [-0.2, -0.15) is 0 Å². The average molecular weight is 308 g/mol. The number of halogens is 1. The maximum atomic E-state index is 14.2. The van der Waals surface area contributed by atoms with Crippen LogP contribution in [-0.4, -0.2) is 43.3 Å². The van der Waals surface area contributed by atoms with E-state index in [1.165, 1.54) is 11.1 Å². The minimum absolute atomic E-state index is 0.758. The fourth-order valence-electron chi connectivity index (χ4n) is 2.09. The zero-order valence-electron chi connectivity index (χ0n) is 15.8. The Bertz CT molecular complexity index is 470. The fourth-order valence-corrected chi connectivity index (χ4v) is 2.09. The molecule has 0 heterocycles. The van der Waals surface area contributed by atoms with E-state index in [9.17, 15) is 4.39 Å². The van der Waals surface area contributed by atoms with E-state index in [1.54, 1.807) is 25.8 Å². The van der Waals surface area contributed by atoms with Gasteiger partial charge in [0.1, 0.15) is 0 Å². The van der Waals surface area contributed by atoms with Crippen molar-refractivity contribution in [1.29, 1.82) is 0 Å². The summed E-state index contributed by atoms with van der Waals surface area (Å²) in [5.41, 5.74) is 4.69. The molecule has 2 nitrogen and oxygen atoms in total. The van der Waals surface area contributed by atoms with Gasteiger partial charge in [-0.1, -0.05) is 23.8 Å². The summed E-state index contributed by atoms with van der Waals surface area (Å²) in [4.78, 5) is 3.73. The molecule has 0 aromatic rings. The van der Waals surface area contributed by atoms with Gasteiger partial charge in [-0.25, -0.2) is 4.39 Å². The molecule has 22 heavy (non-hydrogen) atoms. The molecule has 0 bridgehead atoms. The molecule has 0 aliphatic heterocycles. The van der Waals surface area contributed by atoms with E-state index in [1.807, 2.05) is 33.3 Å². The van der Waals surface area contributed by atoms with Crippen LogP contribution < -0.4 is 0 Å². The average Bonchev–Trinajstić information content (AvgIpc) is 2.32. The standard InChI is InChI=1S/C19H33FN2/c1-10-11-18(16(4)12-15(2)3)17(13-21(7)8)14-22(9)19(5,6)20/h10-12,14H,13H2,1-9H3/b11-10-,17-14+,18-16+. The molecule has 0 spiro atoms. The molecule has 0 unspecified atom stereocenters. The highest BCUT2D eigenvalue weighted by molar-refractivity contribution is 5.47. The molecule has 0 aliphatic rings. The zero-order chi connectivity index (χ0) is 17.5. The summed E-state index contributed by atoms with van der Waals surface area (Å²) in [6.07, 6.45) is 8.21.